The van der Waals surface area contributed by atoms with Crippen molar-refractivity contribution in [1.29, 1.82) is 0 Å². The first-order valence-corrected chi connectivity index (χ1v) is 8.71. The third kappa shape index (κ3) is 2.67. The van der Waals surface area contributed by atoms with Crippen LogP contribution in [0.15, 0.2) is 12.1 Å². The Morgan fingerprint density at radius 3 is 2.81 bits per heavy atom. The molecule has 116 valence electrons. The molecule has 6 nitrogen and oxygen atoms in total. The number of benzene rings is 1. The van der Waals surface area contributed by atoms with E-state index < -0.39 is 9.84 Å². The van der Waals surface area contributed by atoms with Crippen LogP contribution in [0.1, 0.15) is 18.0 Å². The molecule has 2 atom stereocenters. The summed E-state index contributed by atoms with van der Waals surface area (Å²) >= 11 is 0. The third-order valence-corrected chi connectivity index (χ3v) is 5.88. The van der Waals surface area contributed by atoms with Crippen LogP contribution in [0, 0.1) is 5.92 Å². The van der Waals surface area contributed by atoms with Crippen LogP contribution in [-0.4, -0.2) is 40.9 Å². The van der Waals surface area contributed by atoms with Gasteiger partial charge in [0.1, 0.15) is 0 Å². The van der Waals surface area contributed by atoms with Crippen molar-refractivity contribution in [2.45, 2.75) is 12.5 Å². The van der Waals surface area contributed by atoms with Crippen LogP contribution < -0.4 is 19.5 Å². The van der Waals surface area contributed by atoms with Crippen molar-refractivity contribution < 1.29 is 22.6 Å². The second-order valence-corrected chi connectivity index (χ2v) is 7.62. The van der Waals surface area contributed by atoms with Gasteiger partial charge in [-0.15, -0.1) is 0 Å². The van der Waals surface area contributed by atoms with Crippen molar-refractivity contribution in [2.75, 3.05) is 32.5 Å². The molecule has 21 heavy (non-hydrogen) atoms. The summed E-state index contributed by atoms with van der Waals surface area (Å²) in [6.45, 7) is 0.178. The van der Waals surface area contributed by atoms with E-state index in [1.165, 1.54) is 0 Å². The van der Waals surface area contributed by atoms with E-state index in [9.17, 15) is 8.42 Å². The van der Waals surface area contributed by atoms with Gasteiger partial charge in [-0.05, 0) is 37.1 Å². The van der Waals surface area contributed by atoms with E-state index >= 15 is 0 Å². The van der Waals surface area contributed by atoms with Gasteiger partial charge in [-0.2, -0.15) is 0 Å². The number of nitrogens with one attached hydrogen (secondary N) is 1. The molecule has 2 aliphatic heterocycles. The van der Waals surface area contributed by atoms with Crippen LogP contribution in [0.3, 0.4) is 0 Å². The molecule has 2 heterocycles. The number of hydrogen-bond donors (Lipinski definition) is 1. The highest BCUT2D eigenvalue weighted by atomic mass is 32.2. The molecule has 0 bridgehead atoms. The molecule has 0 amide bonds. The van der Waals surface area contributed by atoms with Gasteiger partial charge in [0.05, 0.1) is 18.6 Å². The van der Waals surface area contributed by atoms with E-state index in [2.05, 4.69) is 5.32 Å². The molecule has 0 spiro atoms. The Hall–Kier alpha value is -1.47. The SMILES string of the molecule is CNC(c1cc(OC)c2c(c1)OCO2)C1CCS(=O)(=O)C1. The molecular weight excluding hydrogens is 294 g/mol. The summed E-state index contributed by atoms with van der Waals surface area (Å²) in [6.07, 6.45) is 0.671. The Labute approximate surface area is 124 Å². The minimum Gasteiger partial charge on any atom is -0.493 e. The fraction of sp³-hybridized carbons (Fsp3) is 0.571. The van der Waals surface area contributed by atoms with Crippen molar-refractivity contribution in [3.8, 4) is 17.2 Å². The monoisotopic (exact) mass is 313 g/mol. The summed E-state index contributed by atoms with van der Waals surface area (Å²) in [5.74, 6) is 2.40. The first-order chi connectivity index (χ1) is 10.0. The molecule has 3 rings (SSSR count). The van der Waals surface area contributed by atoms with Gasteiger partial charge in [-0.1, -0.05) is 0 Å². The molecule has 0 radical (unpaired) electrons. The Bertz CT molecular complexity index is 643. The molecule has 0 saturated carbocycles. The molecular formula is C14H19NO5S. The quantitative estimate of drug-likeness (QED) is 0.898. The lowest BCUT2D eigenvalue weighted by Crippen LogP contribution is -2.26. The highest BCUT2D eigenvalue weighted by Crippen LogP contribution is 2.44. The molecule has 1 N–H and O–H groups in total. The Kier molecular flexibility index (Phi) is 3.71. The van der Waals surface area contributed by atoms with Crippen molar-refractivity contribution in [3.63, 3.8) is 0 Å². The predicted molar refractivity (Wildman–Crippen MR) is 77.7 cm³/mol. The van der Waals surface area contributed by atoms with E-state index in [1.54, 1.807) is 7.11 Å². The van der Waals surface area contributed by atoms with Crippen LogP contribution in [0.2, 0.25) is 0 Å². The standard InChI is InChI=1S/C14H19NO5S/c1-15-13(9-3-4-21(16,17)7-9)10-5-11(18-2)14-12(6-10)19-8-20-14/h5-6,9,13,15H,3-4,7-8H2,1-2H3. The highest BCUT2D eigenvalue weighted by Gasteiger charge is 2.35. The summed E-state index contributed by atoms with van der Waals surface area (Å²) in [5, 5.41) is 3.22. The van der Waals surface area contributed by atoms with Crippen LogP contribution in [0.5, 0.6) is 17.2 Å². The Morgan fingerprint density at radius 1 is 1.38 bits per heavy atom. The number of methoxy groups -OCH3 is 1. The van der Waals surface area contributed by atoms with Crippen molar-refractivity contribution in [3.05, 3.63) is 17.7 Å². The van der Waals surface area contributed by atoms with E-state index in [0.29, 0.717) is 23.7 Å². The lowest BCUT2D eigenvalue weighted by atomic mass is 9.92. The normalized spacial score (nSPS) is 24.0. The number of sulfone groups is 1. The van der Waals surface area contributed by atoms with Gasteiger partial charge in [-0.3, -0.25) is 0 Å². The second kappa shape index (κ2) is 5.38. The largest absolute Gasteiger partial charge is 0.493 e. The minimum atomic E-state index is -2.91. The maximum atomic E-state index is 11.7. The maximum Gasteiger partial charge on any atom is 0.231 e. The van der Waals surface area contributed by atoms with Crippen molar-refractivity contribution in [1.82, 2.24) is 5.32 Å². The molecule has 1 saturated heterocycles. The van der Waals surface area contributed by atoms with Gasteiger partial charge >= 0.3 is 0 Å². The zero-order valence-electron chi connectivity index (χ0n) is 12.1. The molecule has 1 aromatic rings. The van der Waals surface area contributed by atoms with Gasteiger partial charge in [0.2, 0.25) is 12.5 Å². The van der Waals surface area contributed by atoms with E-state index in [4.69, 9.17) is 14.2 Å². The van der Waals surface area contributed by atoms with Gasteiger partial charge in [-0.25, -0.2) is 8.42 Å². The minimum absolute atomic E-state index is 0.0503. The van der Waals surface area contributed by atoms with Gasteiger partial charge in [0.15, 0.2) is 21.3 Å². The third-order valence-electron chi connectivity index (χ3n) is 4.09. The molecule has 2 unspecified atom stereocenters. The lowest BCUT2D eigenvalue weighted by Gasteiger charge is -2.23. The predicted octanol–water partition coefficient (Wildman–Crippen LogP) is 1.12. The topological polar surface area (TPSA) is 73.9 Å². The van der Waals surface area contributed by atoms with Crippen LogP contribution in [-0.2, 0) is 9.84 Å². The fourth-order valence-electron chi connectivity index (χ4n) is 3.09. The van der Waals surface area contributed by atoms with E-state index in [-0.39, 0.29) is 30.3 Å². The van der Waals surface area contributed by atoms with Gasteiger partial charge < -0.3 is 19.5 Å². The summed E-state index contributed by atoms with van der Waals surface area (Å²) in [4.78, 5) is 0. The Morgan fingerprint density at radius 2 is 2.19 bits per heavy atom. The zero-order chi connectivity index (χ0) is 15.0. The summed E-state index contributed by atoms with van der Waals surface area (Å²) in [5.41, 5.74) is 0.959. The molecule has 1 fully saturated rings. The van der Waals surface area contributed by atoms with Crippen molar-refractivity contribution >= 4 is 9.84 Å². The average Bonchev–Trinajstić information content (AvgIpc) is 3.05. The fourth-order valence-corrected chi connectivity index (χ4v) is 4.93. The van der Waals surface area contributed by atoms with Crippen LogP contribution >= 0.6 is 0 Å². The van der Waals surface area contributed by atoms with Gasteiger partial charge in [0.25, 0.3) is 0 Å². The zero-order valence-corrected chi connectivity index (χ0v) is 12.9. The van der Waals surface area contributed by atoms with Crippen LogP contribution in [0.4, 0.5) is 0 Å². The number of hydrogen-bond acceptors (Lipinski definition) is 6. The van der Waals surface area contributed by atoms with Crippen LogP contribution in [0.25, 0.3) is 0 Å². The van der Waals surface area contributed by atoms with E-state index in [1.807, 2.05) is 19.2 Å². The second-order valence-electron chi connectivity index (χ2n) is 5.39. The molecule has 1 aromatic carbocycles. The summed E-state index contributed by atoms with van der Waals surface area (Å²) in [7, 11) is 0.506. The summed E-state index contributed by atoms with van der Waals surface area (Å²) < 4.78 is 39.6. The molecule has 0 aromatic heterocycles. The number of ether oxygens (including phenoxy) is 3. The maximum absolute atomic E-state index is 11.7. The Balaban J connectivity index is 1.94. The first kappa shape index (κ1) is 14.5. The highest BCUT2D eigenvalue weighted by molar-refractivity contribution is 7.91. The van der Waals surface area contributed by atoms with E-state index in [0.717, 1.165) is 5.56 Å². The molecule has 2 aliphatic rings. The lowest BCUT2D eigenvalue weighted by molar-refractivity contribution is 0.171. The van der Waals surface area contributed by atoms with Gasteiger partial charge in [0, 0.05) is 6.04 Å². The average molecular weight is 313 g/mol. The molecule has 7 heteroatoms. The number of rotatable bonds is 4. The smallest absolute Gasteiger partial charge is 0.231 e. The number of fused-ring (bicyclic) bond motifs is 1. The van der Waals surface area contributed by atoms with Crippen molar-refractivity contribution in [2.24, 2.45) is 5.92 Å². The molecule has 0 aliphatic carbocycles. The summed E-state index contributed by atoms with van der Waals surface area (Å²) in [6, 6.07) is 3.74. The first-order valence-electron chi connectivity index (χ1n) is 6.89.